The van der Waals surface area contributed by atoms with E-state index in [0.717, 1.165) is 31.0 Å². The Bertz CT molecular complexity index is 283. The van der Waals surface area contributed by atoms with Gasteiger partial charge in [-0.3, -0.25) is 0 Å². The normalized spacial score (nSPS) is 13.4. The van der Waals surface area contributed by atoms with Gasteiger partial charge in [0.15, 0.2) is 5.82 Å². The fourth-order valence-electron chi connectivity index (χ4n) is 1.32. The fraction of sp³-hybridized carbons (Fsp3) is 0.818. The summed E-state index contributed by atoms with van der Waals surface area (Å²) in [5.41, 5.74) is 0. The quantitative estimate of drug-likeness (QED) is 0.779. The van der Waals surface area contributed by atoms with E-state index in [9.17, 15) is 0 Å². The highest BCUT2D eigenvalue weighted by Gasteiger charge is 2.08. The van der Waals surface area contributed by atoms with Crippen molar-refractivity contribution >= 4 is 0 Å². The van der Waals surface area contributed by atoms with E-state index in [4.69, 9.17) is 4.52 Å². The zero-order valence-electron chi connectivity index (χ0n) is 10.1. The predicted molar refractivity (Wildman–Crippen MR) is 59.7 cm³/mol. The molecule has 1 atom stereocenters. The van der Waals surface area contributed by atoms with Gasteiger partial charge in [0.2, 0.25) is 5.89 Å². The van der Waals surface area contributed by atoms with Crippen molar-refractivity contribution in [3.63, 3.8) is 0 Å². The summed E-state index contributed by atoms with van der Waals surface area (Å²) in [4.78, 5) is 4.35. The molecule has 15 heavy (non-hydrogen) atoms. The zero-order chi connectivity index (χ0) is 11.3. The minimum absolute atomic E-state index is 0.491. The third-order valence-corrected chi connectivity index (χ3v) is 2.38. The van der Waals surface area contributed by atoms with E-state index in [1.165, 1.54) is 0 Å². The summed E-state index contributed by atoms with van der Waals surface area (Å²) >= 11 is 0. The van der Waals surface area contributed by atoms with Crippen molar-refractivity contribution in [2.45, 2.75) is 46.1 Å². The summed E-state index contributed by atoms with van der Waals surface area (Å²) in [6, 6.07) is 0.491. The first kappa shape index (κ1) is 12.2. The van der Waals surface area contributed by atoms with Gasteiger partial charge < -0.3 is 9.84 Å². The smallest absolute Gasteiger partial charge is 0.226 e. The van der Waals surface area contributed by atoms with E-state index in [1.807, 2.05) is 7.05 Å². The van der Waals surface area contributed by atoms with Crippen molar-refractivity contribution in [1.82, 2.24) is 15.5 Å². The van der Waals surface area contributed by atoms with Gasteiger partial charge in [0.25, 0.3) is 0 Å². The van der Waals surface area contributed by atoms with Crippen LogP contribution in [0.1, 0.15) is 38.9 Å². The first-order chi connectivity index (χ1) is 7.11. The molecule has 1 N–H and O–H groups in total. The van der Waals surface area contributed by atoms with Gasteiger partial charge in [-0.05, 0) is 26.3 Å². The van der Waals surface area contributed by atoms with Crippen molar-refractivity contribution < 1.29 is 4.52 Å². The summed E-state index contributed by atoms with van der Waals surface area (Å²) in [6.07, 6.45) is 2.78. The van der Waals surface area contributed by atoms with Crippen LogP contribution >= 0.6 is 0 Å². The molecule has 0 aliphatic rings. The highest BCUT2D eigenvalue weighted by molar-refractivity contribution is 4.88. The molecule has 0 bridgehead atoms. The van der Waals surface area contributed by atoms with E-state index >= 15 is 0 Å². The lowest BCUT2D eigenvalue weighted by Crippen LogP contribution is -2.21. The lowest BCUT2D eigenvalue weighted by Gasteiger charge is -2.06. The zero-order valence-corrected chi connectivity index (χ0v) is 10.1. The summed E-state index contributed by atoms with van der Waals surface area (Å²) in [7, 11) is 1.96. The molecule has 4 nitrogen and oxygen atoms in total. The van der Waals surface area contributed by atoms with E-state index in [2.05, 4.69) is 36.2 Å². The van der Waals surface area contributed by atoms with Gasteiger partial charge in [0.1, 0.15) is 0 Å². The number of nitrogens with one attached hydrogen (secondary N) is 1. The van der Waals surface area contributed by atoms with E-state index in [-0.39, 0.29) is 0 Å². The molecule has 1 rings (SSSR count). The maximum absolute atomic E-state index is 5.17. The summed E-state index contributed by atoms with van der Waals surface area (Å²) in [5.74, 6) is 2.16. The predicted octanol–water partition coefficient (Wildman–Crippen LogP) is 1.81. The molecular weight excluding hydrogens is 190 g/mol. The Kier molecular flexibility index (Phi) is 4.75. The van der Waals surface area contributed by atoms with Crippen LogP contribution in [-0.2, 0) is 12.8 Å². The average Bonchev–Trinajstić information content (AvgIpc) is 2.61. The molecule has 1 unspecified atom stereocenters. The van der Waals surface area contributed by atoms with Crippen LogP contribution in [0.4, 0.5) is 0 Å². The first-order valence-corrected chi connectivity index (χ1v) is 5.60. The minimum atomic E-state index is 0.491. The SMILES string of the molecule is CNC(C)CCc1nc(CC(C)C)no1. The third-order valence-electron chi connectivity index (χ3n) is 2.38. The number of nitrogens with zero attached hydrogens (tertiary/aromatic N) is 2. The van der Waals surface area contributed by atoms with Gasteiger partial charge in [0.05, 0.1) is 0 Å². The lowest BCUT2D eigenvalue weighted by molar-refractivity contribution is 0.362. The Morgan fingerprint density at radius 1 is 1.33 bits per heavy atom. The Hall–Kier alpha value is -0.900. The maximum Gasteiger partial charge on any atom is 0.226 e. The molecule has 0 radical (unpaired) electrons. The van der Waals surface area contributed by atoms with Crippen LogP contribution in [0.5, 0.6) is 0 Å². The second-order valence-corrected chi connectivity index (χ2v) is 4.43. The molecule has 1 aromatic rings. The van der Waals surface area contributed by atoms with Crippen LogP contribution in [0.3, 0.4) is 0 Å². The van der Waals surface area contributed by atoms with E-state index in [0.29, 0.717) is 12.0 Å². The molecule has 0 aromatic carbocycles. The molecule has 0 aliphatic heterocycles. The standard InChI is InChI=1S/C11H21N3O/c1-8(2)7-10-13-11(15-14-10)6-5-9(3)12-4/h8-9,12H,5-7H2,1-4H3. The molecule has 0 amide bonds. The number of aromatic nitrogens is 2. The fourth-order valence-corrected chi connectivity index (χ4v) is 1.32. The van der Waals surface area contributed by atoms with Crippen molar-refractivity contribution in [2.75, 3.05) is 7.05 Å². The van der Waals surface area contributed by atoms with Crippen molar-refractivity contribution in [1.29, 1.82) is 0 Å². The largest absolute Gasteiger partial charge is 0.339 e. The summed E-state index contributed by atoms with van der Waals surface area (Å²) in [6.45, 7) is 6.45. The van der Waals surface area contributed by atoms with Gasteiger partial charge in [0, 0.05) is 18.9 Å². The number of rotatable bonds is 6. The van der Waals surface area contributed by atoms with Gasteiger partial charge in [-0.15, -0.1) is 0 Å². The molecule has 0 saturated heterocycles. The van der Waals surface area contributed by atoms with Gasteiger partial charge in [-0.2, -0.15) is 4.98 Å². The number of aryl methyl sites for hydroxylation is 1. The Balaban J connectivity index is 2.39. The Morgan fingerprint density at radius 3 is 2.67 bits per heavy atom. The Labute approximate surface area is 91.5 Å². The summed E-state index contributed by atoms with van der Waals surface area (Å²) < 4.78 is 5.17. The molecule has 0 saturated carbocycles. The maximum atomic E-state index is 5.17. The molecule has 4 heteroatoms. The highest BCUT2D eigenvalue weighted by atomic mass is 16.5. The molecule has 86 valence electrons. The van der Waals surface area contributed by atoms with Crippen LogP contribution in [-0.4, -0.2) is 23.2 Å². The van der Waals surface area contributed by atoms with Gasteiger partial charge >= 0.3 is 0 Å². The van der Waals surface area contributed by atoms with Crippen molar-refractivity contribution in [3.8, 4) is 0 Å². The monoisotopic (exact) mass is 211 g/mol. The first-order valence-electron chi connectivity index (χ1n) is 5.60. The van der Waals surface area contributed by atoms with Gasteiger partial charge in [-0.25, -0.2) is 0 Å². The van der Waals surface area contributed by atoms with Crippen molar-refractivity contribution in [3.05, 3.63) is 11.7 Å². The van der Waals surface area contributed by atoms with Crippen LogP contribution in [0.15, 0.2) is 4.52 Å². The lowest BCUT2D eigenvalue weighted by atomic mass is 10.1. The Morgan fingerprint density at radius 2 is 2.07 bits per heavy atom. The second-order valence-electron chi connectivity index (χ2n) is 4.43. The topological polar surface area (TPSA) is 51.0 Å². The van der Waals surface area contributed by atoms with Crippen LogP contribution in [0.2, 0.25) is 0 Å². The molecule has 1 aromatic heterocycles. The van der Waals surface area contributed by atoms with Crippen molar-refractivity contribution in [2.24, 2.45) is 5.92 Å². The van der Waals surface area contributed by atoms with Crippen LogP contribution < -0.4 is 5.32 Å². The highest BCUT2D eigenvalue weighted by Crippen LogP contribution is 2.07. The minimum Gasteiger partial charge on any atom is -0.339 e. The van der Waals surface area contributed by atoms with Gasteiger partial charge in [-0.1, -0.05) is 19.0 Å². The molecular formula is C11H21N3O. The average molecular weight is 211 g/mol. The summed E-state index contributed by atoms with van der Waals surface area (Å²) in [5, 5.41) is 7.14. The van der Waals surface area contributed by atoms with Crippen LogP contribution in [0.25, 0.3) is 0 Å². The number of hydrogen-bond donors (Lipinski definition) is 1. The molecule has 0 spiro atoms. The number of hydrogen-bond acceptors (Lipinski definition) is 4. The van der Waals surface area contributed by atoms with E-state index < -0.39 is 0 Å². The van der Waals surface area contributed by atoms with Crippen LogP contribution in [0, 0.1) is 5.92 Å². The third kappa shape index (κ3) is 4.42. The van der Waals surface area contributed by atoms with E-state index in [1.54, 1.807) is 0 Å². The molecule has 1 heterocycles. The molecule has 0 fully saturated rings. The molecule has 0 aliphatic carbocycles. The second kappa shape index (κ2) is 5.85.